The molecule has 3 heterocycles. The molecule has 2 aromatic rings. The summed E-state index contributed by atoms with van der Waals surface area (Å²) in [4.78, 5) is 24.3. The van der Waals surface area contributed by atoms with Gasteiger partial charge in [-0.05, 0) is 44.2 Å². The first-order chi connectivity index (χ1) is 14.8. The summed E-state index contributed by atoms with van der Waals surface area (Å²) in [6.45, 7) is 7.71. The highest BCUT2D eigenvalue weighted by atomic mass is 32.2. The maximum absolute atomic E-state index is 12.9. The fourth-order valence-electron chi connectivity index (χ4n) is 4.43. The number of aryl methyl sites for hydroxylation is 1. The number of benzene rings is 1. The molecule has 166 valence electrons. The molecule has 0 radical (unpaired) electrons. The second-order valence-electron chi connectivity index (χ2n) is 8.86. The van der Waals surface area contributed by atoms with Gasteiger partial charge < -0.3 is 0 Å². The van der Waals surface area contributed by atoms with Crippen LogP contribution in [0, 0.1) is 12.8 Å². The quantitative estimate of drug-likeness (QED) is 0.710. The van der Waals surface area contributed by atoms with Gasteiger partial charge in [-0.1, -0.05) is 32.0 Å². The smallest absolute Gasteiger partial charge is 0.243 e. The Bertz CT molecular complexity index is 1060. The number of piperidine rings is 1. The summed E-state index contributed by atoms with van der Waals surface area (Å²) < 4.78 is 27.4. The van der Waals surface area contributed by atoms with E-state index in [2.05, 4.69) is 13.8 Å². The van der Waals surface area contributed by atoms with Gasteiger partial charge in [0.2, 0.25) is 15.9 Å². The van der Waals surface area contributed by atoms with E-state index < -0.39 is 10.0 Å². The molecule has 0 bridgehead atoms. The highest BCUT2D eigenvalue weighted by molar-refractivity contribution is 7.89. The Kier molecular flexibility index (Phi) is 6.12. The zero-order valence-electron chi connectivity index (χ0n) is 18.4. The lowest BCUT2D eigenvalue weighted by molar-refractivity contribution is -0.119. The summed E-state index contributed by atoms with van der Waals surface area (Å²) in [5, 5.41) is 0. The second-order valence-corrected chi connectivity index (χ2v) is 10.8. The maximum Gasteiger partial charge on any atom is 0.243 e. The molecule has 0 aliphatic carbocycles. The Balaban J connectivity index is 1.55. The van der Waals surface area contributed by atoms with Gasteiger partial charge in [0.15, 0.2) is 0 Å². The summed E-state index contributed by atoms with van der Waals surface area (Å²) in [5.74, 6) is 2.04. The molecule has 1 fully saturated rings. The van der Waals surface area contributed by atoms with Gasteiger partial charge in [-0.25, -0.2) is 18.4 Å². The summed E-state index contributed by atoms with van der Waals surface area (Å²) in [7, 11) is -3.48. The van der Waals surface area contributed by atoms with E-state index in [4.69, 9.17) is 9.97 Å². The highest BCUT2D eigenvalue weighted by Crippen LogP contribution is 2.34. The number of hydrogen-bond acceptors (Lipinski definition) is 5. The summed E-state index contributed by atoms with van der Waals surface area (Å²) in [5.41, 5.74) is 1.99. The van der Waals surface area contributed by atoms with Crippen molar-refractivity contribution >= 4 is 21.7 Å². The molecule has 0 spiro atoms. The van der Waals surface area contributed by atoms with Crippen LogP contribution in [0.3, 0.4) is 0 Å². The number of amides is 1. The van der Waals surface area contributed by atoms with Gasteiger partial charge in [-0.3, -0.25) is 9.69 Å². The van der Waals surface area contributed by atoms with Gasteiger partial charge in [0.1, 0.15) is 11.6 Å². The predicted molar refractivity (Wildman–Crippen MR) is 119 cm³/mol. The Morgan fingerprint density at radius 3 is 2.39 bits per heavy atom. The molecule has 1 amide bonds. The molecule has 31 heavy (non-hydrogen) atoms. The fraction of sp³-hybridized carbons (Fsp3) is 0.522. The molecule has 2 aliphatic heterocycles. The van der Waals surface area contributed by atoms with Crippen molar-refractivity contribution in [2.75, 3.05) is 24.5 Å². The number of hydrogen-bond donors (Lipinski definition) is 0. The molecular weight excluding hydrogens is 412 g/mol. The van der Waals surface area contributed by atoms with Crippen molar-refractivity contribution in [3.8, 4) is 0 Å². The lowest BCUT2D eigenvalue weighted by Crippen LogP contribution is -2.40. The first-order valence-corrected chi connectivity index (χ1v) is 12.4. The lowest BCUT2D eigenvalue weighted by Gasteiger charge is -2.33. The van der Waals surface area contributed by atoms with Gasteiger partial charge in [0, 0.05) is 43.2 Å². The van der Waals surface area contributed by atoms with E-state index in [1.54, 1.807) is 28.6 Å². The first kappa shape index (κ1) is 21.9. The molecule has 0 saturated carbocycles. The minimum Gasteiger partial charge on any atom is -0.296 e. The minimum atomic E-state index is -3.48. The molecule has 4 rings (SSSR count). The van der Waals surface area contributed by atoms with Gasteiger partial charge in [0.05, 0.1) is 4.90 Å². The standard InChI is InChI=1S/C23H30N4O3S/c1-16(2)15-27-21(28)10-9-20-17(3)24-22(25-23(20)27)18-11-13-26(14-12-18)31(29,30)19-7-5-4-6-8-19/h4-8,16,18H,9-15H2,1-3H3. The Labute approximate surface area is 184 Å². The summed E-state index contributed by atoms with van der Waals surface area (Å²) in [6.07, 6.45) is 2.52. The average Bonchev–Trinajstić information content (AvgIpc) is 2.76. The zero-order valence-corrected chi connectivity index (χ0v) is 19.2. The van der Waals surface area contributed by atoms with Crippen molar-refractivity contribution in [1.29, 1.82) is 0 Å². The maximum atomic E-state index is 12.9. The van der Waals surface area contributed by atoms with E-state index in [1.807, 2.05) is 17.9 Å². The van der Waals surface area contributed by atoms with E-state index in [0.29, 0.717) is 56.1 Å². The Morgan fingerprint density at radius 2 is 1.74 bits per heavy atom. The second kappa shape index (κ2) is 8.67. The van der Waals surface area contributed by atoms with Crippen molar-refractivity contribution < 1.29 is 13.2 Å². The fourth-order valence-corrected chi connectivity index (χ4v) is 5.93. The monoisotopic (exact) mass is 442 g/mol. The van der Waals surface area contributed by atoms with Gasteiger partial charge in [-0.2, -0.15) is 4.31 Å². The van der Waals surface area contributed by atoms with E-state index in [9.17, 15) is 13.2 Å². The van der Waals surface area contributed by atoms with E-state index in [1.165, 1.54) is 0 Å². The molecular formula is C23H30N4O3S. The van der Waals surface area contributed by atoms with Crippen molar-refractivity contribution in [2.45, 2.75) is 57.3 Å². The molecule has 0 unspecified atom stereocenters. The SMILES string of the molecule is Cc1nc(C2CCN(S(=O)(=O)c3ccccc3)CC2)nc2c1CCC(=O)N2CC(C)C. The number of rotatable bonds is 5. The van der Waals surface area contributed by atoms with Gasteiger partial charge in [-0.15, -0.1) is 0 Å². The molecule has 8 heteroatoms. The number of carbonyl (C=O) groups is 1. The molecule has 0 N–H and O–H groups in total. The van der Waals surface area contributed by atoms with Crippen molar-refractivity contribution in [3.63, 3.8) is 0 Å². The van der Waals surface area contributed by atoms with Crippen LogP contribution in [0.25, 0.3) is 0 Å². The van der Waals surface area contributed by atoms with Crippen LogP contribution in [0.15, 0.2) is 35.2 Å². The number of nitrogens with zero attached hydrogens (tertiary/aromatic N) is 4. The third-order valence-electron chi connectivity index (χ3n) is 6.10. The molecule has 1 aromatic carbocycles. The van der Waals surface area contributed by atoms with Crippen molar-refractivity contribution in [2.24, 2.45) is 5.92 Å². The van der Waals surface area contributed by atoms with Crippen LogP contribution in [0.1, 0.15) is 56.1 Å². The number of carbonyl (C=O) groups excluding carboxylic acids is 1. The molecule has 0 atom stereocenters. The van der Waals surface area contributed by atoms with E-state index in [0.717, 1.165) is 22.9 Å². The van der Waals surface area contributed by atoms with Gasteiger partial charge in [0.25, 0.3) is 0 Å². The predicted octanol–water partition coefficient (Wildman–Crippen LogP) is 3.29. The number of fused-ring (bicyclic) bond motifs is 1. The summed E-state index contributed by atoms with van der Waals surface area (Å²) >= 11 is 0. The van der Waals surface area contributed by atoms with E-state index in [-0.39, 0.29) is 11.8 Å². The van der Waals surface area contributed by atoms with Crippen molar-refractivity contribution in [3.05, 3.63) is 47.4 Å². The van der Waals surface area contributed by atoms with Crippen LogP contribution in [-0.4, -0.2) is 48.2 Å². The van der Waals surface area contributed by atoms with Crippen LogP contribution >= 0.6 is 0 Å². The van der Waals surface area contributed by atoms with Crippen LogP contribution < -0.4 is 4.90 Å². The van der Waals surface area contributed by atoms with Crippen LogP contribution in [0.5, 0.6) is 0 Å². The Morgan fingerprint density at radius 1 is 1.06 bits per heavy atom. The van der Waals surface area contributed by atoms with Crippen LogP contribution in [0.4, 0.5) is 5.82 Å². The Hall–Kier alpha value is -2.32. The highest BCUT2D eigenvalue weighted by Gasteiger charge is 2.33. The van der Waals surface area contributed by atoms with Gasteiger partial charge >= 0.3 is 0 Å². The first-order valence-electron chi connectivity index (χ1n) is 11.0. The van der Waals surface area contributed by atoms with Crippen molar-refractivity contribution in [1.82, 2.24) is 14.3 Å². The zero-order chi connectivity index (χ0) is 22.2. The third kappa shape index (κ3) is 4.36. The molecule has 1 aromatic heterocycles. The van der Waals surface area contributed by atoms with Crippen LogP contribution in [-0.2, 0) is 21.2 Å². The minimum absolute atomic E-state index is 0.0872. The lowest BCUT2D eigenvalue weighted by atomic mass is 9.96. The normalized spacial score (nSPS) is 18.5. The summed E-state index contributed by atoms with van der Waals surface area (Å²) in [6, 6.07) is 8.57. The number of sulfonamides is 1. The molecule has 1 saturated heterocycles. The third-order valence-corrected chi connectivity index (χ3v) is 8.02. The average molecular weight is 443 g/mol. The topological polar surface area (TPSA) is 83.5 Å². The molecule has 7 nitrogen and oxygen atoms in total. The van der Waals surface area contributed by atoms with E-state index >= 15 is 0 Å². The number of anilines is 1. The van der Waals surface area contributed by atoms with Crippen LogP contribution in [0.2, 0.25) is 0 Å². The molecule has 2 aliphatic rings. The largest absolute Gasteiger partial charge is 0.296 e. The number of aromatic nitrogens is 2.